The molecule has 18 heavy (non-hydrogen) atoms. The minimum Gasteiger partial charge on any atom is -0.359 e. The molecule has 1 N–H and O–H groups in total. The van der Waals surface area contributed by atoms with Crippen LogP contribution in [0.5, 0.6) is 0 Å². The first-order valence-corrected chi connectivity index (χ1v) is 7.55. The van der Waals surface area contributed by atoms with Crippen LogP contribution in [0, 0.1) is 0 Å². The van der Waals surface area contributed by atoms with Gasteiger partial charge in [0.1, 0.15) is 6.33 Å². The lowest BCUT2D eigenvalue weighted by Crippen LogP contribution is -2.45. The molecule has 2 fully saturated rings. The number of hydrogen-bond donors (Lipinski definition) is 1. The Bertz CT molecular complexity index is 426. The summed E-state index contributed by atoms with van der Waals surface area (Å²) in [6.07, 6.45) is 10.0. The van der Waals surface area contributed by atoms with E-state index in [1.54, 1.807) is 12.5 Å². The highest BCUT2D eigenvalue weighted by atomic mass is 32.2. The predicted molar refractivity (Wildman–Crippen MR) is 74.6 cm³/mol. The van der Waals surface area contributed by atoms with Crippen LogP contribution < -0.4 is 5.32 Å². The Hall–Kier alpha value is -1.10. The molecule has 0 radical (unpaired) electrons. The van der Waals surface area contributed by atoms with Gasteiger partial charge in [0.25, 0.3) is 0 Å². The van der Waals surface area contributed by atoms with Crippen LogP contribution in [0.3, 0.4) is 0 Å². The Morgan fingerprint density at radius 2 is 2.22 bits per heavy atom. The third kappa shape index (κ3) is 2.66. The molecule has 0 unspecified atom stereocenters. The number of aliphatic imine (C=N–C) groups is 1. The van der Waals surface area contributed by atoms with Gasteiger partial charge in [0, 0.05) is 17.5 Å². The first-order chi connectivity index (χ1) is 8.86. The molecule has 1 saturated heterocycles. The van der Waals surface area contributed by atoms with E-state index in [4.69, 9.17) is 0 Å². The lowest BCUT2D eigenvalue weighted by molar-refractivity contribution is 0.303. The SMILES string of the molecule is c1cc(CN=C2NC3(CCCCC3)CS2)ncn1. The number of aromatic nitrogens is 2. The summed E-state index contributed by atoms with van der Waals surface area (Å²) in [7, 11) is 0. The second-order valence-electron chi connectivity index (χ2n) is 5.08. The van der Waals surface area contributed by atoms with E-state index in [2.05, 4.69) is 20.3 Å². The van der Waals surface area contributed by atoms with Crippen molar-refractivity contribution in [1.29, 1.82) is 0 Å². The van der Waals surface area contributed by atoms with E-state index < -0.39 is 0 Å². The van der Waals surface area contributed by atoms with Gasteiger partial charge in [0.2, 0.25) is 0 Å². The van der Waals surface area contributed by atoms with Crippen LogP contribution in [0.1, 0.15) is 37.8 Å². The Kier molecular flexibility index (Phi) is 3.50. The zero-order chi connectivity index (χ0) is 12.3. The highest BCUT2D eigenvalue weighted by Gasteiger charge is 2.37. The van der Waals surface area contributed by atoms with Gasteiger partial charge in [-0.1, -0.05) is 31.0 Å². The summed E-state index contributed by atoms with van der Waals surface area (Å²) >= 11 is 1.86. The van der Waals surface area contributed by atoms with E-state index in [0.29, 0.717) is 12.1 Å². The van der Waals surface area contributed by atoms with Crippen molar-refractivity contribution in [2.75, 3.05) is 5.75 Å². The molecule has 2 heterocycles. The van der Waals surface area contributed by atoms with Crippen molar-refractivity contribution in [1.82, 2.24) is 15.3 Å². The predicted octanol–water partition coefficient (Wildman–Crippen LogP) is 2.37. The lowest BCUT2D eigenvalue weighted by atomic mass is 9.83. The minimum atomic E-state index is 0.341. The number of thioether (sulfide) groups is 1. The minimum absolute atomic E-state index is 0.341. The summed E-state index contributed by atoms with van der Waals surface area (Å²) in [4.78, 5) is 12.7. The molecule has 0 aromatic carbocycles. The van der Waals surface area contributed by atoms with Gasteiger partial charge in [0.15, 0.2) is 5.17 Å². The van der Waals surface area contributed by atoms with E-state index in [0.717, 1.165) is 10.9 Å². The fourth-order valence-electron chi connectivity index (χ4n) is 2.65. The van der Waals surface area contributed by atoms with Gasteiger partial charge in [-0.15, -0.1) is 0 Å². The fourth-order valence-corrected chi connectivity index (χ4v) is 3.87. The summed E-state index contributed by atoms with van der Waals surface area (Å²) < 4.78 is 0. The Balaban J connectivity index is 1.61. The van der Waals surface area contributed by atoms with Gasteiger partial charge in [-0.2, -0.15) is 0 Å². The third-order valence-corrected chi connectivity index (χ3v) is 4.90. The van der Waals surface area contributed by atoms with Crippen molar-refractivity contribution in [3.05, 3.63) is 24.3 Å². The lowest BCUT2D eigenvalue weighted by Gasteiger charge is -2.32. The second-order valence-corrected chi connectivity index (χ2v) is 6.04. The number of hydrogen-bond acceptors (Lipinski definition) is 4. The number of nitrogens with zero attached hydrogens (tertiary/aromatic N) is 3. The quantitative estimate of drug-likeness (QED) is 0.889. The van der Waals surface area contributed by atoms with Gasteiger partial charge in [-0.25, -0.2) is 9.97 Å². The van der Waals surface area contributed by atoms with Crippen molar-refractivity contribution in [2.24, 2.45) is 4.99 Å². The van der Waals surface area contributed by atoms with Gasteiger partial charge in [-0.05, 0) is 18.9 Å². The van der Waals surface area contributed by atoms with E-state index in [1.165, 1.54) is 37.9 Å². The van der Waals surface area contributed by atoms with Gasteiger partial charge >= 0.3 is 0 Å². The highest BCUT2D eigenvalue weighted by Crippen LogP contribution is 2.36. The van der Waals surface area contributed by atoms with Gasteiger partial charge in [-0.3, -0.25) is 4.99 Å². The van der Waals surface area contributed by atoms with E-state index in [1.807, 2.05) is 17.8 Å². The average Bonchev–Trinajstić information content (AvgIpc) is 2.82. The summed E-state index contributed by atoms with van der Waals surface area (Å²) in [5.41, 5.74) is 1.32. The van der Waals surface area contributed by atoms with Crippen LogP contribution >= 0.6 is 11.8 Å². The van der Waals surface area contributed by atoms with Crippen molar-refractivity contribution >= 4 is 16.9 Å². The summed E-state index contributed by atoms with van der Waals surface area (Å²) in [5, 5.41) is 4.74. The molecule has 0 atom stereocenters. The van der Waals surface area contributed by atoms with E-state index >= 15 is 0 Å². The van der Waals surface area contributed by atoms with Crippen LogP contribution in [0.25, 0.3) is 0 Å². The summed E-state index contributed by atoms with van der Waals surface area (Å²) in [6.45, 7) is 0.647. The Morgan fingerprint density at radius 1 is 1.33 bits per heavy atom. The molecule has 1 aliphatic heterocycles. The molecule has 5 heteroatoms. The molecule has 96 valence electrons. The largest absolute Gasteiger partial charge is 0.359 e. The van der Waals surface area contributed by atoms with Crippen molar-refractivity contribution in [2.45, 2.75) is 44.2 Å². The highest BCUT2D eigenvalue weighted by molar-refractivity contribution is 8.14. The molecule has 0 amide bonds. The summed E-state index contributed by atoms with van der Waals surface area (Å²) in [6, 6.07) is 1.92. The van der Waals surface area contributed by atoms with Gasteiger partial charge in [0.05, 0.1) is 12.2 Å². The summed E-state index contributed by atoms with van der Waals surface area (Å²) in [5.74, 6) is 1.18. The van der Waals surface area contributed by atoms with Crippen LogP contribution in [0.4, 0.5) is 0 Å². The number of rotatable bonds is 2. The molecule has 4 nitrogen and oxygen atoms in total. The molecular weight excluding hydrogens is 244 g/mol. The van der Waals surface area contributed by atoms with Crippen LogP contribution in [0.15, 0.2) is 23.6 Å². The maximum atomic E-state index is 4.62. The number of amidine groups is 1. The second kappa shape index (κ2) is 5.26. The maximum Gasteiger partial charge on any atom is 0.157 e. The van der Waals surface area contributed by atoms with Crippen LogP contribution in [0.2, 0.25) is 0 Å². The fraction of sp³-hybridized carbons (Fsp3) is 0.615. The molecule has 1 aliphatic carbocycles. The molecular formula is C13H18N4S. The van der Waals surface area contributed by atoms with Crippen molar-refractivity contribution in [3.63, 3.8) is 0 Å². The molecule has 1 saturated carbocycles. The van der Waals surface area contributed by atoms with Crippen LogP contribution in [-0.2, 0) is 6.54 Å². The maximum absolute atomic E-state index is 4.62. The van der Waals surface area contributed by atoms with Crippen LogP contribution in [-0.4, -0.2) is 26.4 Å². The average molecular weight is 262 g/mol. The van der Waals surface area contributed by atoms with Crippen molar-refractivity contribution < 1.29 is 0 Å². The smallest absolute Gasteiger partial charge is 0.157 e. The standard InChI is InChI=1S/C13H18N4S/c1-2-5-13(6-3-1)9-18-12(17-13)15-8-11-4-7-14-10-16-11/h4,7,10H,1-3,5-6,8-9H2,(H,15,17). The monoisotopic (exact) mass is 262 g/mol. The molecule has 1 aromatic heterocycles. The van der Waals surface area contributed by atoms with Crippen molar-refractivity contribution in [3.8, 4) is 0 Å². The molecule has 2 aliphatic rings. The van der Waals surface area contributed by atoms with E-state index in [9.17, 15) is 0 Å². The third-order valence-electron chi connectivity index (χ3n) is 3.70. The zero-order valence-electron chi connectivity index (χ0n) is 10.4. The topological polar surface area (TPSA) is 50.2 Å². The first kappa shape index (κ1) is 12.0. The molecule has 0 bridgehead atoms. The molecule has 1 spiro atoms. The zero-order valence-corrected chi connectivity index (χ0v) is 11.2. The number of nitrogens with one attached hydrogen (secondary N) is 1. The normalized spacial score (nSPS) is 24.3. The Morgan fingerprint density at radius 3 is 3.00 bits per heavy atom. The van der Waals surface area contributed by atoms with E-state index in [-0.39, 0.29) is 0 Å². The van der Waals surface area contributed by atoms with Gasteiger partial charge < -0.3 is 5.32 Å². The first-order valence-electron chi connectivity index (χ1n) is 6.57. The molecule has 3 rings (SSSR count). The molecule has 1 aromatic rings. The Labute approximate surface area is 112 Å².